The summed E-state index contributed by atoms with van der Waals surface area (Å²) in [7, 11) is -3.55. The first kappa shape index (κ1) is 15.5. The quantitative estimate of drug-likeness (QED) is 0.884. The summed E-state index contributed by atoms with van der Waals surface area (Å²) >= 11 is 0. The zero-order valence-corrected chi connectivity index (χ0v) is 13.3. The van der Waals surface area contributed by atoms with E-state index in [0.29, 0.717) is 32.0 Å². The standard InChI is InChI=1S/C14H21N3O4S/c18-14(16-4-2-1-3-5-16)13-10-12(11-15-13)22(19,20)17-6-8-21-9-7-17/h10-11,15H,1-9H2. The third-order valence-electron chi connectivity index (χ3n) is 4.14. The van der Waals surface area contributed by atoms with E-state index in [4.69, 9.17) is 4.74 Å². The molecule has 0 unspecified atom stereocenters. The molecule has 0 bridgehead atoms. The van der Waals surface area contributed by atoms with Crippen LogP contribution in [0.5, 0.6) is 0 Å². The maximum atomic E-state index is 12.5. The van der Waals surface area contributed by atoms with Crippen molar-refractivity contribution in [3.05, 3.63) is 18.0 Å². The summed E-state index contributed by atoms with van der Waals surface area (Å²) in [6.45, 7) is 2.99. The second-order valence-corrected chi connectivity index (χ2v) is 7.56. The van der Waals surface area contributed by atoms with Gasteiger partial charge in [0.15, 0.2) is 0 Å². The zero-order chi connectivity index (χ0) is 15.6. The Morgan fingerprint density at radius 2 is 1.77 bits per heavy atom. The molecule has 8 heteroatoms. The van der Waals surface area contributed by atoms with Gasteiger partial charge in [0.1, 0.15) is 10.6 Å². The smallest absolute Gasteiger partial charge is 0.270 e. The molecule has 2 aliphatic heterocycles. The molecule has 2 aliphatic rings. The normalized spacial score (nSPS) is 21.0. The number of morpholine rings is 1. The Morgan fingerprint density at radius 3 is 2.45 bits per heavy atom. The average molecular weight is 327 g/mol. The summed E-state index contributed by atoms with van der Waals surface area (Å²) in [5.41, 5.74) is 0.341. The van der Waals surface area contributed by atoms with Gasteiger partial charge in [-0.1, -0.05) is 0 Å². The molecule has 2 saturated heterocycles. The van der Waals surface area contributed by atoms with Crippen LogP contribution in [0.3, 0.4) is 0 Å². The molecule has 7 nitrogen and oxygen atoms in total. The molecule has 1 aromatic heterocycles. The molecule has 0 radical (unpaired) electrons. The molecule has 2 fully saturated rings. The van der Waals surface area contributed by atoms with Crippen LogP contribution in [0.15, 0.2) is 17.2 Å². The lowest BCUT2D eigenvalue weighted by Crippen LogP contribution is -2.40. The summed E-state index contributed by atoms with van der Waals surface area (Å²) in [6, 6.07) is 1.45. The minimum atomic E-state index is -3.55. The Labute approximate surface area is 130 Å². The number of rotatable bonds is 3. The maximum Gasteiger partial charge on any atom is 0.270 e. The number of aromatic amines is 1. The van der Waals surface area contributed by atoms with Crippen LogP contribution < -0.4 is 0 Å². The summed E-state index contributed by atoms with van der Waals surface area (Å²) in [5.74, 6) is -0.122. The van der Waals surface area contributed by atoms with E-state index in [0.717, 1.165) is 32.4 Å². The van der Waals surface area contributed by atoms with Crippen molar-refractivity contribution in [3.63, 3.8) is 0 Å². The second kappa shape index (κ2) is 6.39. The van der Waals surface area contributed by atoms with Crippen molar-refractivity contribution >= 4 is 15.9 Å². The molecule has 0 atom stereocenters. The molecular weight excluding hydrogens is 306 g/mol. The van der Waals surface area contributed by atoms with Crippen LogP contribution in [-0.4, -0.2) is 67.9 Å². The van der Waals surface area contributed by atoms with Crippen molar-refractivity contribution in [1.29, 1.82) is 0 Å². The van der Waals surface area contributed by atoms with Gasteiger partial charge < -0.3 is 14.6 Å². The topological polar surface area (TPSA) is 82.7 Å². The lowest BCUT2D eigenvalue weighted by Gasteiger charge is -2.26. The van der Waals surface area contributed by atoms with Crippen molar-refractivity contribution in [1.82, 2.24) is 14.2 Å². The van der Waals surface area contributed by atoms with E-state index in [1.54, 1.807) is 4.90 Å². The van der Waals surface area contributed by atoms with Gasteiger partial charge in [-0.05, 0) is 25.3 Å². The number of ether oxygens (including phenoxy) is 1. The number of amides is 1. The summed E-state index contributed by atoms with van der Waals surface area (Å²) in [5, 5.41) is 0. The minimum Gasteiger partial charge on any atom is -0.379 e. The number of nitrogens with zero attached hydrogens (tertiary/aromatic N) is 2. The van der Waals surface area contributed by atoms with Crippen molar-refractivity contribution in [2.75, 3.05) is 39.4 Å². The fraction of sp³-hybridized carbons (Fsp3) is 0.643. The molecule has 3 heterocycles. The van der Waals surface area contributed by atoms with E-state index < -0.39 is 10.0 Å². The number of H-pyrrole nitrogens is 1. The Kier molecular flexibility index (Phi) is 4.51. The highest BCUT2D eigenvalue weighted by Gasteiger charge is 2.28. The first-order valence-corrected chi connectivity index (χ1v) is 9.08. The van der Waals surface area contributed by atoms with Crippen LogP contribution in [-0.2, 0) is 14.8 Å². The number of hydrogen-bond donors (Lipinski definition) is 1. The van der Waals surface area contributed by atoms with Gasteiger partial charge in [0.05, 0.1) is 13.2 Å². The highest BCUT2D eigenvalue weighted by atomic mass is 32.2. The number of hydrogen-bond acceptors (Lipinski definition) is 4. The van der Waals surface area contributed by atoms with E-state index in [1.165, 1.54) is 16.6 Å². The highest BCUT2D eigenvalue weighted by molar-refractivity contribution is 7.89. The van der Waals surface area contributed by atoms with Crippen LogP contribution in [0.1, 0.15) is 29.8 Å². The molecule has 122 valence electrons. The maximum absolute atomic E-state index is 12.5. The zero-order valence-electron chi connectivity index (χ0n) is 12.5. The van der Waals surface area contributed by atoms with Gasteiger partial charge in [-0.15, -0.1) is 0 Å². The highest BCUT2D eigenvalue weighted by Crippen LogP contribution is 2.20. The first-order valence-electron chi connectivity index (χ1n) is 7.64. The van der Waals surface area contributed by atoms with Crippen LogP contribution in [0.25, 0.3) is 0 Å². The Balaban J connectivity index is 1.76. The third kappa shape index (κ3) is 3.04. The molecule has 3 rings (SSSR count). The van der Waals surface area contributed by atoms with Crippen molar-refractivity contribution in [3.8, 4) is 0 Å². The largest absolute Gasteiger partial charge is 0.379 e. The number of sulfonamides is 1. The molecule has 22 heavy (non-hydrogen) atoms. The summed E-state index contributed by atoms with van der Waals surface area (Å²) in [4.78, 5) is 17.1. The Bertz CT molecular complexity index is 628. The van der Waals surface area contributed by atoms with Crippen LogP contribution in [0, 0.1) is 0 Å². The summed E-state index contributed by atoms with van der Waals surface area (Å²) < 4.78 is 31.6. The molecular formula is C14H21N3O4S. The van der Waals surface area contributed by atoms with Crippen molar-refractivity contribution in [2.24, 2.45) is 0 Å². The number of carbonyl (C=O) groups excluding carboxylic acids is 1. The van der Waals surface area contributed by atoms with Gasteiger partial charge in [-0.2, -0.15) is 4.31 Å². The number of nitrogens with one attached hydrogen (secondary N) is 1. The number of aromatic nitrogens is 1. The summed E-state index contributed by atoms with van der Waals surface area (Å²) in [6.07, 6.45) is 4.56. The van der Waals surface area contributed by atoms with Gasteiger partial charge in [0.2, 0.25) is 10.0 Å². The fourth-order valence-electron chi connectivity index (χ4n) is 2.85. The molecule has 1 amide bonds. The minimum absolute atomic E-state index is 0.122. The lowest BCUT2D eigenvalue weighted by molar-refractivity contribution is 0.0718. The van der Waals surface area contributed by atoms with E-state index >= 15 is 0 Å². The third-order valence-corrected chi connectivity index (χ3v) is 6.01. The average Bonchev–Trinajstić information content (AvgIpc) is 3.06. The second-order valence-electron chi connectivity index (χ2n) is 5.62. The van der Waals surface area contributed by atoms with E-state index in [1.807, 2.05) is 0 Å². The molecule has 1 aromatic rings. The molecule has 0 saturated carbocycles. The van der Waals surface area contributed by atoms with Gasteiger partial charge in [0.25, 0.3) is 5.91 Å². The predicted octanol–water partition coefficient (Wildman–Crippen LogP) is 0.662. The van der Waals surface area contributed by atoms with Gasteiger partial charge in [-0.25, -0.2) is 8.42 Å². The van der Waals surface area contributed by atoms with Crippen molar-refractivity contribution in [2.45, 2.75) is 24.2 Å². The Hall–Kier alpha value is -1.38. The van der Waals surface area contributed by atoms with E-state index in [2.05, 4.69) is 4.98 Å². The van der Waals surface area contributed by atoms with Crippen LogP contribution >= 0.6 is 0 Å². The van der Waals surface area contributed by atoms with E-state index in [-0.39, 0.29) is 10.8 Å². The fourth-order valence-corrected chi connectivity index (χ4v) is 4.25. The monoisotopic (exact) mass is 327 g/mol. The molecule has 0 spiro atoms. The lowest BCUT2D eigenvalue weighted by atomic mass is 10.1. The molecule has 0 aromatic carbocycles. The SMILES string of the molecule is O=C(c1cc(S(=O)(=O)N2CCOCC2)c[nH]1)N1CCCCC1. The molecule has 1 N–H and O–H groups in total. The van der Waals surface area contributed by atoms with Crippen molar-refractivity contribution < 1.29 is 17.9 Å². The number of carbonyl (C=O) groups is 1. The van der Waals surface area contributed by atoms with Gasteiger partial charge in [-0.3, -0.25) is 4.79 Å². The van der Waals surface area contributed by atoms with Gasteiger partial charge in [0, 0.05) is 32.4 Å². The predicted molar refractivity (Wildman–Crippen MR) is 80.1 cm³/mol. The Morgan fingerprint density at radius 1 is 1.09 bits per heavy atom. The van der Waals surface area contributed by atoms with Crippen LogP contribution in [0.2, 0.25) is 0 Å². The van der Waals surface area contributed by atoms with Gasteiger partial charge >= 0.3 is 0 Å². The first-order chi connectivity index (χ1) is 10.6. The van der Waals surface area contributed by atoms with Crippen LogP contribution in [0.4, 0.5) is 0 Å². The van der Waals surface area contributed by atoms with E-state index in [9.17, 15) is 13.2 Å². The number of likely N-dealkylation sites (tertiary alicyclic amines) is 1. The molecule has 0 aliphatic carbocycles. The number of piperidine rings is 1.